The molecule has 0 saturated carbocycles. The van der Waals surface area contributed by atoms with E-state index in [1.54, 1.807) is 9.80 Å². The monoisotopic (exact) mass is 318 g/mol. The summed E-state index contributed by atoms with van der Waals surface area (Å²) in [5, 5.41) is 5.94. The Balaban J connectivity index is 1.79. The highest BCUT2D eigenvalue weighted by Gasteiger charge is 2.28. The van der Waals surface area contributed by atoms with Crippen molar-refractivity contribution in [3.63, 3.8) is 0 Å². The molecule has 1 fully saturated rings. The summed E-state index contributed by atoms with van der Waals surface area (Å²) in [6.07, 6.45) is 1.45. The minimum atomic E-state index is -0.0920. The van der Waals surface area contributed by atoms with Crippen LogP contribution in [0, 0.1) is 5.92 Å². The number of piperidine rings is 1. The summed E-state index contributed by atoms with van der Waals surface area (Å²) in [4.78, 5) is 28.1. The van der Waals surface area contributed by atoms with Crippen molar-refractivity contribution in [2.24, 2.45) is 5.92 Å². The molecule has 126 valence electrons. The van der Waals surface area contributed by atoms with Gasteiger partial charge in [-0.05, 0) is 32.0 Å². The molecule has 1 aliphatic heterocycles. The number of rotatable bonds is 5. The Labute approximate surface area is 137 Å². The first-order chi connectivity index (χ1) is 11.1. The van der Waals surface area contributed by atoms with Gasteiger partial charge in [0, 0.05) is 44.8 Å². The lowest BCUT2D eigenvalue weighted by Gasteiger charge is -2.33. The molecule has 1 saturated heterocycles. The summed E-state index contributed by atoms with van der Waals surface area (Å²) in [5.74, 6) is 0.209. The Morgan fingerprint density at radius 2 is 1.87 bits per heavy atom. The van der Waals surface area contributed by atoms with E-state index < -0.39 is 0 Å². The van der Waals surface area contributed by atoms with Gasteiger partial charge in [0.25, 0.3) is 0 Å². The topological polar surface area (TPSA) is 64.7 Å². The zero-order valence-electron chi connectivity index (χ0n) is 13.9. The molecule has 2 rings (SSSR count). The Morgan fingerprint density at radius 3 is 2.48 bits per heavy atom. The fraction of sp³-hybridized carbons (Fsp3) is 0.529. The Hall–Kier alpha value is -2.08. The van der Waals surface area contributed by atoms with Crippen LogP contribution in [0.5, 0.6) is 0 Å². The molecule has 2 N–H and O–H groups in total. The lowest BCUT2D eigenvalue weighted by molar-refractivity contribution is -0.135. The summed E-state index contributed by atoms with van der Waals surface area (Å²) in [6.45, 7) is 2.74. The summed E-state index contributed by atoms with van der Waals surface area (Å²) in [5.41, 5.74) is 0.794. The van der Waals surface area contributed by atoms with Gasteiger partial charge in [-0.15, -0.1) is 0 Å². The van der Waals surface area contributed by atoms with E-state index >= 15 is 0 Å². The molecule has 1 aromatic carbocycles. The van der Waals surface area contributed by atoms with E-state index in [0.717, 1.165) is 25.1 Å². The minimum absolute atomic E-state index is 0.0256. The van der Waals surface area contributed by atoms with Gasteiger partial charge in [-0.2, -0.15) is 0 Å². The van der Waals surface area contributed by atoms with E-state index in [-0.39, 0.29) is 17.9 Å². The van der Waals surface area contributed by atoms with E-state index in [1.807, 2.05) is 44.4 Å². The molecule has 1 aliphatic rings. The van der Waals surface area contributed by atoms with E-state index in [0.29, 0.717) is 19.6 Å². The van der Waals surface area contributed by atoms with E-state index in [4.69, 9.17) is 0 Å². The van der Waals surface area contributed by atoms with Crippen LogP contribution in [-0.2, 0) is 4.79 Å². The van der Waals surface area contributed by atoms with Crippen molar-refractivity contribution in [2.45, 2.75) is 12.8 Å². The number of likely N-dealkylation sites (tertiary alicyclic amines) is 1. The molecule has 0 aliphatic carbocycles. The summed E-state index contributed by atoms with van der Waals surface area (Å²) in [7, 11) is 3.72. The molecule has 0 aromatic heterocycles. The maximum atomic E-state index is 12.4. The molecule has 0 bridgehead atoms. The number of anilines is 1. The van der Waals surface area contributed by atoms with Crippen LogP contribution < -0.4 is 10.6 Å². The van der Waals surface area contributed by atoms with Crippen LogP contribution in [0.15, 0.2) is 30.3 Å². The SMILES string of the molecule is CNCCN(C)C(=O)C1CCN(C(=O)Nc2ccccc2)CC1. The molecule has 0 unspecified atom stereocenters. The van der Waals surface area contributed by atoms with Crippen molar-refractivity contribution in [1.82, 2.24) is 15.1 Å². The highest BCUT2D eigenvalue weighted by atomic mass is 16.2. The molecule has 6 nitrogen and oxygen atoms in total. The second kappa shape index (κ2) is 8.53. The lowest BCUT2D eigenvalue weighted by Crippen LogP contribution is -2.45. The third kappa shape index (κ3) is 4.96. The molecular formula is C17H26N4O2. The van der Waals surface area contributed by atoms with Gasteiger partial charge in [-0.3, -0.25) is 4.79 Å². The number of nitrogens with one attached hydrogen (secondary N) is 2. The summed E-state index contributed by atoms with van der Waals surface area (Å²) < 4.78 is 0. The van der Waals surface area contributed by atoms with Gasteiger partial charge in [-0.25, -0.2) is 4.79 Å². The molecule has 0 radical (unpaired) electrons. The average Bonchev–Trinajstić information content (AvgIpc) is 2.60. The maximum Gasteiger partial charge on any atom is 0.321 e. The second-order valence-corrected chi connectivity index (χ2v) is 5.92. The molecule has 1 heterocycles. The fourth-order valence-electron chi connectivity index (χ4n) is 2.75. The first-order valence-corrected chi connectivity index (χ1v) is 8.12. The molecule has 1 aromatic rings. The second-order valence-electron chi connectivity index (χ2n) is 5.92. The van der Waals surface area contributed by atoms with Crippen LogP contribution in [0.4, 0.5) is 10.5 Å². The molecule has 23 heavy (non-hydrogen) atoms. The van der Waals surface area contributed by atoms with E-state index in [2.05, 4.69) is 10.6 Å². The number of amides is 3. The summed E-state index contributed by atoms with van der Waals surface area (Å²) >= 11 is 0. The first kappa shape index (κ1) is 17.3. The van der Waals surface area contributed by atoms with Crippen LogP contribution in [0.2, 0.25) is 0 Å². The number of carbonyl (C=O) groups excluding carboxylic acids is 2. The van der Waals surface area contributed by atoms with Crippen molar-refractivity contribution in [2.75, 3.05) is 45.6 Å². The molecule has 0 spiro atoms. The predicted octanol–water partition coefficient (Wildman–Crippen LogP) is 1.61. The van der Waals surface area contributed by atoms with Crippen molar-refractivity contribution in [1.29, 1.82) is 0 Å². The van der Waals surface area contributed by atoms with Crippen LogP contribution >= 0.6 is 0 Å². The van der Waals surface area contributed by atoms with Gasteiger partial charge in [0.1, 0.15) is 0 Å². The smallest absolute Gasteiger partial charge is 0.321 e. The van der Waals surface area contributed by atoms with Crippen LogP contribution in [0.3, 0.4) is 0 Å². The lowest BCUT2D eigenvalue weighted by atomic mass is 9.95. The standard InChI is InChI=1S/C17H26N4O2/c1-18-10-13-20(2)16(22)14-8-11-21(12-9-14)17(23)19-15-6-4-3-5-7-15/h3-7,14,18H,8-13H2,1-2H3,(H,19,23). The number of carbonyl (C=O) groups is 2. The molecule has 0 atom stereocenters. The van der Waals surface area contributed by atoms with Crippen LogP contribution in [0.1, 0.15) is 12.8 Å². The highest BCUT2D eigenvalue weighted by molar-refractivity contribution is 5.89. The van der Waals surface area contributed by atoms with Gasteiger partial charge in [0.05, 0.1) is 0 Å². The predicted molar refractivity (Wildman–Crippen MR) is 91.3 cm³/mol. The van der Waals surface area contributed by atoms with Crippen LogP contribution in [-0.4, -0.2) is 62.0 Å². The largest absolute Gasteiger partial charge is 0.344 e. The molecule has 3 amide bonds. The van der Waals surface area contributed by atoms with Crippen LogP contribution in [0.25, 0.3) is 0 Å². The zero-order chi connectivity index (χ0) is 16.7. The Kier molecular flexibility index (Phi) is 6.40. The van der Waals surface area contributed by atoms with E-state index in [9.17, 15) is 9.59 Å². The van der Waals surface area contributed by atoms with Gasteiger partial charge in [-0.1, -0.05) is 18.2 Å². The van der Waals surface area contributed by atoms with Crippen molar-refractivity contribution in [3.05, 3.63) is 30.3 Å². The Morgan fingerprint density at radius 1 is 1.22 bits per heavy atom. The normalized spacial score (nSPS) is 15.3. The molecular weight excluding hydrogens is 292 g/mol. The number of para-hydroxylation sites is 1. The highest BCUT2D eigenvalue weighted by Crippen LogP contribution is 2.20. The van der Waals surface area contributed by atoms with E-state index in [1.165, 1.54) is 0 Å². The minimum Gasteiger partial charge on any atom is -0.344 e. The molecule has 6 heteroatoms. The Bertz CT molecular complexity index is 513. The summed E-state index contributed by atoms with van der Waals surface area (Å²) in [6, 6.07) is 9.33. The number of nitrogens with zero attached hydrogens (tertiary/aromatic N) is 2. The quantitative estimate of drug-likeness (QED) is 0.867. The zero-order valence-corrected chi connectivity index (χ0v) is 13.9. The fourth-order valence-corrected chi connectivity index (χ4v) is 2.75. The van der Waals surface area contributed by atoms with Gasteiger partial charge in [0.15, 0.2) is 0 Å². The number of benzene rings is 1. The van der Waals surface area contributed by atoms with Gasteiger partial charge in [0.2, 0.25) is 5.91 Å². The van der Waals surface area contributed by atoms with Crippen molar-refractivity contribution in [3.8, 4) is 0 Å². The van der Waals surface area contributed by atoms with Gasteiger partial charge >= 0.3 is 6.03 Å². The van der Waals surface area contributed by atoms with Crippen molar-refractivity contribution >= 4 is 17.6 Å². The number of likely N-dealkylation sites (N-methyl/N-ethyl adjacent to an activating group) is 2. The number of urea groups is 1. The van der Waals surface area contributed by atoms with Gasteiger partial charge < -0.3 is 20.4 Å². The third-order valence-corrected chi connectivity index (χ3v) is 4.23. The number of hydrogen-bond acceptors (Lipinski definition) is 3. The first-order valence-electron chi connectivity index (χ1n) is 8.12. The number of hydrogen-bond donors (Lipinski definition) is 2. The average molecular weight is 318 g/mol. The third-order valence-electron chi connectivity index (χ3n) is 4.23. The van der Waals surface area contributed by atoms with Crippen molar-refractivity contribution < 1.29 is 9.59 Å². The maximum absolute atomic E-state index is 12.4.